The molecule has 2 saturated carbocycles. The lowest BCUT2D eigenvalue weighted by Crippen LogP contribution is -2.19. The highest BCUT2D eigenvalue weighted by atomic mass is 35.5. The van der Waals surface area contributed by atoms with Crippen LogP contribution in [-0.2, 0) is 16.0 Å². The van der Waals surface area contributed by atoms with Crippen LogP contribution in [0.1, 0.15) is 43.4 Å². The number of likely N-dealkylation sites (tertiary alicyclic amines) is 2. The Morgan fingerprint density at radius 1 is 0.754 bits per heavy atom. The van der Waals surface area contributed by atoms with Crippen molar-refractivity contribution in [2.45, 2.75) is 33.1 Å². The van der Waals surface area contributed by atoms with Crippen molar-refractivity contribution in [1.82, 2.24) is 29.7 Å². The molecule has 2 aliphatic carbocycles. The zero-order valence-electron chi connectivity index (χ0n) is 38.1. The molecule has 2 saturated heterocycles. The normalized spacial score (nSPS) is 20.2. The molecular weight excluding hydrogens is 920 g/mol. The van der Waals surface area contributed by atoms with Crippen LogP contribution in [0.25, 0.3) is 21.8 Å². The number of carboxylic acids is 1. The fourth-order valence-corrected chi connectivity index (χ4v) is 9.35. The predicted octanol–water partition coefficient (Wildman–Crippen LogP) is 8.75. The van der Waals surface area contributed by atoms with Crippen LogP contribution in [0.15, 0.2) is 73.3 Å². The summed E-state index contributed by atoms with van der Waals surface area (Å²) in [4.78, 5) is 43.8. The molecule has 6 aromatic rings. The van der Waals surface area contributed by atoms with Gasteiger partial charge >= 0.3 is 5.97 Å². The zero-order valence-corrected chi connectivity index (χ0v) is 39.6. The number of carboxylic acid groups (broad SMARTS) is 1. The largest absolute Gasteiger partial charge is 0.472 e. The third kappa shape index (κ3) is 10.9. The molecule has 0 radical (unpaired) electrons. The SMILES string of the molecule is CC#CC(=O)Cc1cc2c(Nc3cccc(Cl)c3F)ncnc2cc1C#C[C@@]12C[C@@H]1CN(C)C2.CC#CC(=O)O.CN1C[C@H]2C[C@@]2(C#Cc2cc3ncnc(Nc4cccc(Cl)c4F)c3cc2N)C1. The standard InChI is InChI=1S/C27H22ClFN4O.C22H19ClFN5.C4H4O2/c1-3-5-20(34)10-18-11-21-24(12-17(18)8-9-27-13-19(27)14-33(2)15-27)30-16-31-26(21)32-23-7-4-6-22(28)25(23)29;1-29-10-14-9-22(14,11-29)6-5-13-7-19-15(8-17(13)25)21(27-12-26-19)28-18-4-2-3-16(23)20(18)24;1-2-3-4(5)6/h4,6-7,11-12,16,19H,10,13-15H2,1-2H3,(H,30,31,32);2-4,7-8,12,14H,9-11,25H2,1H3,(H,26,27,28);1H3,(H,5,6)/t19-,27+;14-,22+;/m11./s1. The molecule has 0 spiro atoms. The maximum atomic E-state index is 14.5. The van der Waals surface area contributed by atoms with E-state index in [9.17, 15) is 18.4 Å². The van der Waals surface area contributed by atoms with Crippen molar-refractivity contribution in [3.8, 4) is 47.4 Å². The Balaban J connectivity index is 0.000000168. The second-order valence-electron chi connectivity index (χ2n) is 17.5. The van der Waals surface area contributed by atoms with Crippen LogP contribution in [0.2, 0.25) is 10.0 Å². The second kappa shape index (κ2) is 20.1. The molecule has 4 fully saturated rings. The lowest BCUT2D eigenvalue weighted by Gasteiger charge is -2.12. The number of aliphatic carboxylic acids is 1. The van der Waals surface area contributed by atoms with E-state index in [1.165, 1.54) is 38.1 Å². The van der Waals surface area contributed by atoms with Gasteiger partial charge in [0.15, 0.2) is 11.6 Å². The predicted molar refractivity (Wildman–Crippen MR) is 266 cm³/mol. The summed E-state index contributed by atoms with van der Waals surface area (Å²) in [7, 11) is 4.25. The number of hydrogen-bond acceptors (Lipinski definition) is 11. The number of halogens is 4. The third-order valence-electron chi connectivity index (χ3n) is 12.4. The number of rotatable bonds is 6. The van der Waals surface area contributed by atoms with E-state index in [-0.39, 0.29) is 44.5 Å². The highest BCUT2D eigenvalue weighted by Gasteiger charge is 2.59. The van der Waals surface area contributed by atoms with Crippen LogP contribution in [0, 0.1) is 81.7 Å². The van der Waals surface area contributed by atoms with Crippen molar-refractivity contribution in [2.24, 2.45) is 22.7 Å². The highest BCUT2D eigenvalue weighted by Crippen LogP contribution is 2.57. The first-order chi connectivity index (χ1) is 33.1. The van der Waals surface area contributed by atoms with Gasteiger partial charge in [-0.25, -0.2) is 33.5 Å². The van der Waals surface area contributed by atoms with Crippen molar-refractivity contribution in [2.75, 3.05) is 56.6 Å². The van der Waals surface area contributed by atoms with Gasteiger partial charge in [-0.3, -0.25) is 4.79 Å². The Morgan fingerprint density at radius 3 is 1.71 bits per heavy atom. The summed E-state index contributed by atoms with van der Waals surface area (Å²) in [6.07, 6.45) is 5.26. The number of carbonyl (C=O) groups is 2. The number of carbonyl (C=O) groups excluding carboxylic acids is 1. The first-order valence-corrected chi connectivity index (χ1v) is 22.6. The molecule has 16 heteroatoms. The van der Waals surface area contributed by atoms with E-state index in [4.69, 9.17) is 34.0 Å². The van der Waals surface area contributed by atoms with E-state index in [1.54, 1.807) is 37.3 Å². The van der Waals surface area contributed by atoms with Crippen LogP contribution < -0.4 is 16.4 Å². The quantitative estimate of drug-likeness (QED) is 0.0715. The van der Waals surface area contributed by atoms with Crippen molar-refractivity contribution in [3.63, 3.8) is 0 Å². The summed E-state index contributed by atoms with van der Waals surface area (Å²) < 4.78 is 28.7. The Bertz CT molecular complexity index is 3330. The molecule has 10 rings (SSSR count). The lowest BCUT2D eigenvalue weighted by atomic mass is 9.98. The summed E-state index contributed by atoms with van der Waals surface area (Å²) in [5.41, 5.74) is 11.0. The Labute approximate surface area is 408 Å². The van der Waals surface area contributed by atoms with Gasteiger partial charge in [0.05, 0.1) is 32.5 Å². The maximum Gasteiger partial charge on any atom is 0.381 e. The molecule has 0 bridgehead atoms. The van der Waals surface area contributed by atoms with Crippen molar-refractivity contribution >= 4 is 85.5 Å². The summed E-state index contributed by atoms with van der Waals surface area (Å²) in [5.74, 6) is 22.7. The molecule has 4 heterocycles. The molecule has 4 aliphatic rings. The van der Waals surface area contributed by atoms with Gasteiger partial charge in [0.1, 0.15) is 24.3 Å². The number of hydrogen-bond donors (Lipinski definition) is 4. The number of aromatic nitrogens is 4. The van der Waals surface area contributed by atoms with Gasteiger partial charge in [0.25, 0.3) is 0 Å². The minimum absolute atomic E-state index is 0.0145. The van der Waals surface area contributed by atoms with Crippen molar-refractivity contribution in [1.29, 1.82) is 0 Å². The van der Waals surface area contributed by atoms with Crippen LogP contribution in [-0.4, -0.2) is 86.9 Å². The molecule has 4 atom stereocenters. The van der Waals surface area contributed by atoms with Crippen LogP contribution in [0.3, 0.4) is 0 Å². The maximum absolute atomic E-state index is 14.5. The number of fused-ring (bicyclic) bond motifs is 4. The fourth-order valence-electron chi connectivity index (χ4n) is 9.00. The summed E-state index contributed by atoms with van der Waals surface area (Å²) in [5, 5.41) is 15.1. The van der Waals surface area contributed by atoms with E-state index < -0.39 is 17.6 Å². The van der Waals surface area contributed by atoms with Gasteiger partial charge in [0.2, 0.25) is 5.78 Å². The minimum atomic E-state index is -1.07. The lowest BCUT2D eigenvalue weighted by molar-refractivity contribution is -0.130. The van der Waals surface area contributed by atoms with Crippen molar-refractivity contribution < 1.29 is 23.5 Å². The average Bonchev–Trinajstić information content (AvgIpc) is 4.09. The molecule has 12 nitrogen and oxygen atoms in total. The molecule has 2 aliphatic heterocycles. The van der Waals surface area contributed by atoms with E-state index in [2.05, 4.69) is 95.9 Å². The number of piperidine rings is 2. The Hall–Kier alpha value is -7.30. The van der Waals surface area contributed by atoms with Crippen LogP contribution in [0.4, 0.5) is 37.5 Å². The number of nitrogen functional groups attached to an aromatic ring is 1. The topological polar surface area (TPSA) is 162 Å². The van der Waals surface area contributed by atoms with Gasteiger partial charge in [-0.2, -0.15) is 0 Å². The molecule has 2 aromatic heterocycles. The fraction of sp³-hybridized carbons (Fsp3) is 0.283. The van der Waals surface area contributed by atoms with Gasteiger partial charge in [-0.15, -0.1) is 0 Å². The number of nitrogens with one attached hydrogen (secondary N) is 2. The smallest absolute Gasteiger partial charge is 0.381 e. The average molecular weight is 965 g/mol. The Kier molecular flexibility index (Phi) is 14.0. The number of Topliss-reactive ketones (excluding diaryl/α,β-unsaturated/α-hetero) is 1. The molecule has 0 unspecified atom stereocenters. The number of ketones is 1. The first-order valence-electron chi connectivity index (χ1n) is 21.9. The van der Waals surface area contributed by atoms with E-state index in [0.29, 0.717) is 51.0 Å². The number of nitrogens with zero attached hydrogens (tertiary/aromatic N) is 6. The summed E-state index contributed by atoms with van der Waals surface area (Å²) in [6.45, 7) is 7.29. The van der Waals surface area contributed by atoms with E-state index >= 15 is 0 Å². The van der Waals surface area contributed by atoms with Crippen LogP contribution in [0.5, 0.6) is 0 Å². The zero-order chi connectivity index (χ0) is 49.0. The number of anilines is 5. The first kappa shape index (κ1) is 48.2. The third-order valence-corrected chi connectivity index (χ3v) is 13.0. The van der Waals surface area contributed by atoms with Gasteiger partial charge < -0.3 is 31.3 Å². The van der Waals surface area contributed by atoms with Gasteiger partial charge in [-0.05, 0) is 113 Å². The molecule has 69 heavy (non-hydrogen) atoms. The minimum Gasteiger partial charge on any atom is -0.472 e. The molecule has 348 valence electrons. The number of nitrogens with two attached hydrogens (primary N) is 1. The van der Waals surface area contributed by atoms with Gasteiger partial charge in [-0.1, -0.05) is 70.9 Å². The van der Waals surface area contributed by atoms with E-state index in [0.717, 1.165) is 49.3 Å². The summed E-state index contributed by atoms with van der Waals surface area (Å²) >= 11 is 11.8. The van der Waals surface area contributed by atoms with Gasteiger partial charge in [0, 0.05) is 76.9 Å². The molecular formula is C53H45Cl2F2N9O3. The summed E-state index contributed by atoms with van der Waals surface area (Å²) in [6, 6.07) is 16.9. The molecule has 4 aromatic carbocycles. The monoisotopic (exact) mass is 963 g/mol. The molecule has 5 N–H and O–H groups in total. The highest BCUT2D eigenvalue weighted by molar-refractivity contribution is 6.31. The van der Waals surface area contributed by atoms with E-state index in [1.807, 2.05) is 24.1 Å². The van der Waals surface area contributed by atoms with Crippen molar-refractivity contribution in [3.05, 3.63) is 112 Å². The number of benzene rings is 4. The van der Waals surface area contributed by atoms with Crippen LogP contribution >= 0.6 is 23.2 Å². The molecule has 0 amide bonds. The Morgan fingerprint density at radius 2 is 1.25 bits per heavy atom. The second-order valence-corrected chi connectivity index (χ2v) is 18.4.